The number of hydrogen-bond acceptors (Lipinski definition) is 4. The summed E-state index contributed by atoms with van der Waals surface area (Å²) in [5.41, 5.74) is 6.40. The topological polar surface area (TPSA) is 72.2 Å². The van der Waals surface area contributed by atoms with Crippen LogP contribution in [0.2, 0.25) is 0 Å². The number of sulfonamides is 1. The van der Waals surface area contributed by atoms with E-state index in [0.29, 0.717) is 23.2 Å². The average molecular weight is 300 g/mol. The summed E-state index contributed by atoms with van der Waals surface area (Å²) in [6.45, 7) is 0.992. The van der Waals surface area contributed by atoms with Gasteiger partial charge in [-0.25, -0.2) is 13.1 Å². The Kier molecular flexibility index (Phi) is 3.68. The van der Waals surface area contributed by atoms with Gasteiger partial charge in [-0.1, -0.05) is 0 Å². The van der Waals surface area contributed by atoms with Crippen molar-refractivity contribution in [3.05, 3.63) is 17.0 Å². The summed E-state index contributed by atoms with van der Waals surface area (Å²) in [5.74, 6) is 2.08. The molecule has 6 heteroatoms. The highest BCUT2D eigenvalue weighted by molar-refractivity contribution is 7.91. The van der Waals surface area contributed by atoms with Crippen molar-refractivity contribution in [2.45, 2.75) is 36.4 Å². The fourth-order valence-corrected chi connectivity index (χ4v) is 4.98. The maximum absolute atomic E-state index is 12.2. The summed E-state index contributed by atoms with van der Waals surface area (Å²) in [7, 11) is -3.34. The first-order chi connectivity index (χ1) is 9.10. The minimum atomic E-state index is -3.34. The van der Waals surface area contributed by atoms with E-state index in [4.69, 9.17) is 5.73 Å². The molecule has 0 aromatic carbocycles. The molecule has 3 rings (SSSR count). The second kappa shape index (κ2) is 5.16. The molecule has 0 saturated heterocycles. The third-order valence-corrected chi connectivity index (χ3v) is 7.01. The first-order valence-electron chi connectivity index (χ1n) is 6.87. The smallest absolute Gasteiger partial charge is 0.250 e. The molecule has 0 atom stereocenters. The van der Waals surface area contributed by atoms with Crippen LogP contribution in [0.4, 0.5) is 0 Å². The molecule has 0 amide bonds. The van der Waals surface area contributed by atoms with Gasteiger partial charge >= 0.3 is 0 Å². The van der Waals surface area contributed by atoms with Crippen molar-refractivity contribution in [3.8, 4) is 0 Å². The van der Waals surface area contributed by atoms with Crippen molar-refractivity contribution in [3.63, 3.8) is 0 Å². The molecule has 2 aliphatic rings. The Morgan fingerprint density at radius 2 is 1.95 bits per heavy atom. The molecule has 0 bridgehead atoms. The van der Waals surface area contributed by atoms with Crippen LogP contribution >= 0.6 is 11.3 Å². The first-order valence-corrected chi connectivity index (χ1v) is 9.23. The number of hydrogen-bond donors (Lipinski definition) is 2. The van der Waals surface area contributed by atoms with Crippen LogP contribution in [0.1, 0.15) is 31.2 Å². The largest absolute Gasteiger partial charge is 0.326 e. The maximum atomic E-state index is 12.2. The SMILES string of the molecule is NCc1csc(S(=O)(=O)NCC(C2CC2)C2CC2)c1. The van der Waals surface area contributed by atoms with Gasteiger partial charge in [-0.05, 0) is 60.4 Å². The van der Waals surface area contributed by atoms with Gasteiger partial charge in [-0.2, -0.15) is 0 Å². The Morgan fingerprint density at radius 3 is 2.42 bits per heavy atom. The van der Waals surface area contributed by atoms with Gasteiger partial charge in [0.1, 0.15) is 4.21 Å². The van der Waals surface area contributed by atoms with Crippen LogP contribution in [0.25, 0.3) is 0 Å². The Morgan fingerprint density at radius 1 is 1.32 bits per heavy atom. The monoisotopic (exact) mass is 300 g/mol. The lowest BCUT2D eigenvalue weighted by molar-refractivity contribution is 0.402. The highest BCUT2D eigenvalue weighted by Crippen LogP contribution is 2.48. The summed E-state index contributed by atoms with van der Waals surface area (Å²) >= 11 is 1.25. The van der Waals surface area contributed by atoms with E-state index in [1.165, 1.54) is 37.0 Å². The van der Waals surface area contributed by atoms with Crippen molar-refractivity contribution >= 4 is 21.4 Å². The Labute approximate surface area is 118 Å². The molecule has 1 heterocycles. The molecule has 4 nitrogen and oxygen atoms in total. The van der Waals surface area contributed by atoms with Crippen molar-refractivity contribution in [1.82, 2.24) is 4.72 Å². The molecular formula is C13H20N2O2S2. The second-order valence-electron chi connectivity index (χ2n) is 5.67. The van der Waals surface area contributed by atoms with E-state index in [0.717, 1.165) is 17.4 Å². The first kappa shape index (κ1) is 13.5. The molecule has 2 fully saturated rings. The number of nitrogens with two attached hydrogens (primary N) is 1. The number of rotatable bonds is 7. The minimum absolute atomic E-state index is 0.387. The molecule has 0 unspecified atom stereocenters. The molecule has 1 aromatic rings. The zero-order valence-corrected chi connectivity index (χ0v) is 12.5. The molecule has 0 spiro atoms. The lowest BCUT2D eigenvalue weighted by Gasteiger charge is -2.15. The standard InChI is InChI=1S/C13H20N2O2S2/c14-6-9-5-13(18-8-9)19(16,17)15-7-12(10-1-2-10)11-3-4-11/h5,8,10-12,15H,1-4,6-7,14H2. The maximum Gasteiger partial charge on any atom is 0.250 e. The van der Waals surface area contributed by atoms with Crippen LogP contribution in [-0.4, -0.2) is 15.0 Å². The number of nitrogens with one attached hydrogen (secondary N) is 1. The molecule has 2 aliphatic carbocycles. The van der Waals surface area contributed by atoms with Gasteiger partial charge in [0.15, 0.2) is 0 Å². The van der Waals surface area contributed by atoms with Crippen LogP contribution in [0.15, 0.2) is 15.7 Å². The number of thiophene rings is 1. The van der Waals surface area contributed by atoms with E-state index < -0.39 is 10.0 Å². The van der Waals surface area contributed by atoms with E-state index >= 15 is 0 Å². The van der Waals surface area contributed by atoms with Crippen LogP contribution in [0.3, 0.4) is 0 Å². The van der Waals surface area contributed by atoms with Crippen LogP contribution in [-0.2, 0) is 16.6 Å². The highest BCUT2D eigenvalue weighted by Gasteiger charge is 2.41. The summed E-state index contributed by atoms with van der Waals surface area (Å²) < 4.78 is 27.6. The predicted octanol–water partition coefficient (Wildman–Crippen LogP) is 1.92. The zero-order valence-electron chi connectivity index (χ0n) is 10.8. The van der Waals surface area contributed by atoms with Gasteiger partial charge < -0.3 is 5.73 Å². The third-order valence-electron chi connectivity index (χ3n) is 4.09. The van der Waals surface area contributed by atoms with Crippen LogP contribution in [0, 0.1) is 17.8 Å². The molecule has 0 aliphatic heterocycles. The van der Waals surface area contributed by atoms with Crippen LogP contribution in [0.5, 0.6) is 0 Å². The minimum Gasteiger partial charge on any atom is -0.326 e. The normalized spacial score (nSPS) is 20.1. The van der Waals surface area contributed by atoms with Crippen LogP contribution < -0.4 is 10.5 Å². The van der Waals surface area contributed by atoms with Gasteiger partial charge in [0.2, 0.25) is 10.0 Å². The van der Waals surface area contributed by atoms with Gasteiger partial charge in [0.25, 0.3) is 0 Å². The molecule has 19 heavy (non-hydrogen) atoms. The fourth-order valence-electron chi connectivity index (χ4n) is 2.65. The molecule has 1 aromatic heterocycles. The molecule has 2 saturated carbocycles. The second-order valence-corrected chi connectivity index (χ2v) is 8.57. The van der Waals surface area contributed by atoms with E-state index in [1.54, 1.807) is 6.07 Å². The summed E-state index contributed by atoms with van der Waals surface area (Å²) in [6.07, 6.45) is 5.11. The quantitative estimate of drug-likeness (QED) is 0.808. The van der Waals surface area contributed by atoms with Crippen molar-refractivity contribution in [2.24, 2.45) is 23.5 Å². The zero-order chi connectivity index (χ0) is 13.5. The Hall–Kier alpha value is -0.430. The predicted molar refractivity (Wildman–Crippen MR) is 76.3 cm³/mol. The highest BCUT2D eigenvalue weighted by atomic mass is 32.2. The van der Waals surface area contributed by atoms with Crippen molar-refractivity contribution in [1.29, 1.82) is 0 Å². The molecule has 106 valence electrons. The Balaban J connectivity index is 1.64. The van der Waals surface area contributed by atoms with Gasteiger partial charge in [-0.3, -0.25) is 0 Å². The summed E-state index contributed by atoms with van der Waals surface area (Å²) in [6, 6.07) is 1.68. The lowest BCUT2D eigenvalue weighted by Crippen LogP contribution is -2.30. The third kappa shape index (κ3) is 3.18. The molecular weight excluding hydrogens is 280 g/mol. The van der Waals surface area contributed by atoms with E-state index in [1.807, 2.05) is 5.38 Å². The van der Waals surface area contributed by atoms with Gasteiger partial charge in [0.05, 0.1) is 0 Å². The van der Waals surface area contributed by atoms with Crippen molar-refractivity contribution in [2.75, 3.05) is 6.54 Å². The summed E-state index contributed by atoms with van der Waals surface area (Å²) in [5, 5.41) is 1.81. The molecule has 0 radical (unpaired) electrons. The Bertz CT molecular complexity index is 533. The van der Waals surface area contributed by atoms with Gasteiger partial charge in [-0.15, -0.1) is 11.3 Å². The van der Waals surface area contributed by atoms with E-state index in [2.05, 4.69) is 4.72 Å². The molecule has 3 N–H and O–H groups in total. The van der Waals surface area contributed by atoms with Crippen molar-refractivity contribution < 1.29 is 8.42 Å². The lowest BCUT2D eigenvalue weighted by atomic mass is 9.99. The summed E-state index contributed by atoms with van der Waals surface area (Å²) in [4.78, 5) is 0. The fraction of sp³-hybridized carbons (Fsp3) is 0.692. The average Bonchev–Trinajstić information content (AvgIpc) is 3.30. The van der Waals surface area contributed by atoms with E-state index in [9.17, 15) is 8.42 Å². The van der Waals surface area contributed by atoms with Gasteiger partial charge in [0, 0.05) is 13.1 Å². The van der Waals surface area contributed by atoms with E-state index in [-0.39, 0.29) is 0 Å².